The summed E-state index contributed by atoms with van der Waals surface area (Å²) in [4.78, 5) is 24.7. The van der Waals surface area contributed by atoms with Gasteiger partial charge in [-0.3, -0.25) is 9.59 Å². The van der Waals surface area contributed by atoms with Crippen molar-refractivity contribution in [3.63, 3.8) is 0 Å². The van der Waals surface area contributed by atoms with Gasteiger partial charge < -0.3 is 5.73 Å². The van der Waals surface area contributed by atoms with E-state index in [1.165, 1.54) is 0 Å². The largest absolute Gasteiger partial charge is 0.369 e. The van der Waals surface area contributed by atoms with Crippen LogP contribution in [0, 0.1) is 5.41 Å². The third-order valence-corrected chi connectivity index (χ3v) is 4.11. The van der Waals surface area contributed by atoms with Gasteiger partial charge in [0.05, 0.1) is 0 Å². The Morgan fingerprint density at radius 2 is 2.12 bits per heavy atom. The zero-order valence-corrected chi connectivity index (χ0v) is 9.84. The summed E-state index contributed by atoms with van der Waals surface area (Å²) in [7, 11) is 0. The molecule has 0 saturated carbocycles. The number of ketones is 1. The molecule has 0 bridgehead atoms. The Kier molecular flexibility index (Phi) is 2.76. The summed E-state index contributed by atoms with van der Waals surface area (Å²) in [6.45, 7) is 1.64. The van der Waals surface area contributed by atoms with Gasteiger partial charge in [-0.25, -0.2) is 0 Å². The molecule has 1 aliphatic heterocycles. The summed E-state index contributed by atoms with van der Waals surface area (Å²) >= 11 is 1.60. The zero-order chi connectivity index (χ0) is 11.8. The van der Waals surface area contributed by atoms with E-state index >= 15 is 0 Å². The first-order chi connectivity index (χ1) is 7.55. The topological polar surface area (TPSA) is 60.2 Å². The van der Waals surface area contributed by atoms with E-state index in [0.717, 1.165) is 10.6 Å². The molecule has 1 heterocycles. The van der Waals surface area contributed by atoms with E-state index in [1.54, 1.807) is 24.8 Å². The van der Waals surface area contributed by atoms with Crippen LogP contribution in [0.2, 0.25) is 0 Å². The molecule has 84 valence electrons. The molecule has 0 spiro atoms. The molecule has 1 unspecified atom stereocenters. The molecule has 0 fully saturated rings. The molecule has 2 N–H and O–H groups in total. The third-order valence-electron chi connectivity index (χ3n) is 3.04. The molecule has 1 aromatic carbocycles. The second-order valence-corrected chi connectivity index (χ2v) is 5.26. The molecule has 1 aliphatic rings. The van der Waals surface area contributed by atoms with Crippen LogP contribution in [0.4, 0.5) is 0 Å². The lowest BCUT2D eigenvalue weighted by atomic mass is 9.79. The normalized spacial score (nSPS) is 24.7. The maximum absolute atomic E-state index is 12.3. The quantitative estimate of drug-likeness (QED) is 0.756. The summed E-state index contributed by atoms with van der Waals surface area (Å²) in [6, 6.07) is 7.37. The van der Waals surface area contributed by atoms with E-state index in [1.807, 2.05) is 18.2 Å². The molecule has 16 heavy (non-hydrogen) atoms. The average molecular weight is 235 g/mol. The summed E-state index contributed by atoms with van der Waals surface area (Å²) in [5, 5.41) is 0. The highest BCUT2D eigenvalue weighted by Gasteiger charge is 2.41. The fraction of sp³-hybridized carbons (Fsp3) is 0.333. The van der Waals surface area contributed by atoms with Gasteiger partial charge in [-0.1, -0.05) is 18.2 Å². The molecular weight excluding hydrogens is 222 g/mol. The van der Waals surface area contributed by atoms with E-state index in [0.29, 0.717) is 12.0 Å². The van der Waals surface area contributed by atoms with Crippen molar-refractivity contribution in [1.29, 1.82) is 0 Å². The Hall–Kier alpha value is -1.29. The first-order valence-electron chi connectivity index (χ1n) is 5.12. The standard InChI is InChI=1S/C12H13NO2S/c1-12(11(13)15)6-7-16-9-5-3-2-4-8(9)10(12)14/h2-5H,6-7H2,1H3,(H2,13,15). The predicted octanol–water partition coefficient (Wildman–Crippen LogP) is 1.86. The maximum Gasteiger partial charge on any atom is 0.231 e. The van der Waals surface area contributed by atoms with Crippen LogP contribution in [0.3, 0.4) is 0 Å². The number of fused-ring (bicyclic) bond motifs is 1. The number of carbonyl (C=O) groups is 2. The number of Topliss-reactive ketones (excluding diaryl/α,β-unsaturated/α-hetero) is 1. The van der Waals surface area contributed by atoms with Crippen molar-refractivity contribution in [1.82, 2.24) is 0 Å². The second kappa shape index (κ2) is 3.94. The number of nitrogens with two attached hydrogens (primary N) is 1. The zero-order valence-electron chi connectivity index (χ0n) is 9.03. The molecule has 1 atom stereocenters. The number of benzene rings is 1. The van der Waals surface area contributed by atoms with Crippen molar-refractivity contribution < 1.29 is 9.59 Å². The number of amides is 1. The van der Waals surface area contributed by atoms with E-state index in [9.17, 15) is 9.59 Å². The Bertz CT molecular complexity index is 458. The van der Waals surface area contributed by atoms with Crippen LogP contribution in [0.15, 0.2) is 29.2 Å². The molecule has 0 saturated heterocycles. The first-order valence-corrected chi connectivity index (χ1v) is 6.11. The van der Waals surface area contributed by atoms with Crippen LogP contribution < -0.4 is 5.73 Å². The molecule has 0 aliphatic carbocycles. The van der Waals surface area contributed by atoms with Crippen LogP contribution in [-0.4, -0.2) is 17.4 Å². The van der Waals surface area contributed by atoms with Gasteiger partial charge >= 0.3 is 0 Å². The van der Waals surface area contributed by atoms with Crippen LogP contribution in [0.5, 0.6) is 0 Å². The molecular formula is C12H13NO2S. The summed E-state index contributed by atoms with van der Waals surface area (Å²) < 4.78 is 0. The van der Waals surface area contributed by atoms with E-state index in [-0.39, 0.29) is 5.78 Å². The van der Waals surface area contributed by atoms with Gasteiger partial charge in [-0.2, -0.15) is 0 Å². The fourth-order valence-electron chi connectivity index (χ4n) is 1.79. The van der Waals surface area contributed by atoms with Gasteiger partial charge in [0.25, 0.3) is 0 Å². The molecule has 0 radical (unpaired) electrons. The summed E-state index contributed by atoms with van der Waals surface area (Å²) in [5.74, 6) is 0.0535. The van der Waals surface area contributed by atoms with Gasteiger partial charge in [0.15, 0.2) is 5.78 Å². The van der Waals surface area contributed by atoms with Crippen molar-refractivity contribution in [3.8, 4) is 0 Å². The maximum atomic E-state index is 12.3. The predicted molar refractivity (Wildman–Crippen MR) is 63.4 cm³/mol. The number of hydrogen-bond donors (Lipinski definition) is 1. The molecule has 2 rings (SSSR count). The molecule has 1 aromatic rings. The van der Waals surface area contributed by atoms with Crippen molar-refractivity contribution in [3.05, 3.63) is 29.8 Å². The highest BCUT2D eigenvalue weighted by atomic mass is 32.2. The fourth-order valence-corrected chi connectivity index (χ4v) is 3.01. The van der Waals surface area contributed by atoms with E-state index in [4.69, 9.17) is 5.73 Å². The van der Waals surface area contributed by atoms with Crippen LogP contribution in [-0.2, 0) is 4.79 Å². The second-order valence-electron chi connectivity index (χ2n) is 4.12. The van der Waals surface area contributed by atoms with E-state index < -0.39 is 11.3 Å². The molecule has 4 heteroatoms. The number of primary amides is 1. The molecule has 3 nitrogen and oxygen atoms in total. The van der Waals surface area contributed by atoms with Gasteiger partial charge in [-0.15, -0.1) is 11.8 Å². The van der Waals surface area contributed by atoms with E-state index in [2.05, 4.69) is 0 Å². The minimum Gasteiger partial charge on any atom is -0.369 e. The number of rotatable bonds is 1. The van der Waals surface area contributed by atoms with Crippen LogP contribution >= 0.6 is 11.8 Å². The lowest BCUT2D eigenvalue weighted by Crippen LogP contribution is -2.41. The van der Waals surface area contributed by atoms with Gasteiger partial charge in [0.1, 0.15) is 5.41 Å². The van der Waals surface area contributed by atoms with Crippen molar-refractivity contribution >= 4 is 23.5 Å². The highest BCUT2D eigenvalue weighted by molar-refractivity contribution is 7.99. The number of hydrogen-bond acceptors (Lipinski definition) is 3. The Morgan fingerprint density at radius 1 is 1.44 bits per heavy atom. The summed E-state index contributed by atoms with van der Waals surface area (Å²) in [6.07, 6.45) is 0.501. The minimum atomic E-state index is -1.06. The first kappa shape index (κ1) is 11.2. The van der Waals surface area contributed by atoms with Gasteiger partial charge in [-0.05, 0) is 25.2 Å². The van der Waals surface area contributed by atoms with Crippen molar-refractivity contribution in [2.45, 2.75) is 18.2 Å². The monoisotopic (exact) mass is 235 g/mol. The smallest absolute Gasteiger partial charge is 0.231 e. The average Bonchev–Trinajstić information content (AvgIpc) is 2.39. The third kappa shape index (κ3) is 1.63. The minimum absolute atomic E-state index is 0.152. The Morgan fingerprint density at radius 3 is 2.81 bits per heavy atom. The lowest BCUT2D eigenvalue weighted by Gasteiger charge is -2.21. The highest BCUT2D eigenvalue weighted by Crippen LogP contribution is 2.37. The van der Waals surface area contributed by atoms with Gasteiger partial charge in [0.2, 0.25) is 5.91 Å². The molecule has 1 amide bonds. The van der Waals surface area contributed by atoms with Crippen molar-refractivity contribution in [2.75, 3.05) is 5.75 Å². The van der Waals surface area contributed by atoms with Crippen LogP contribution in [0.1, 0.15) is 23.7 Å². The Labute approximate surface area is 98.4 Å². The molecule has 0 aromatic heterocycles. The van der Waals surface area contributed by atoms with Gasteiger partial charge in [0, 0.05) is 10.5 Å². The number of carbonyl (C=O) groups excluding carboxylic acids is 2. The lowest BCUT2D eigenvalue weighted by molar-refractivity contribution is -0.124. The van der Waals surface area contributed by atoms with Crippen molar-refractivity contribution in [2.24, 2.45) is 11.1 Å². The SMILES string of the molecule is CC1(C(N)=O)CCSc2ccccc2C1=O. The summed E-state index contributed by atoms with van der Waals surface area (Å²) in [5.41, 5.74) is 4.91. The number of thioether (sulfide) groups is 1. The Balaban J connectivity index is 2.53. The van der Waals surface area contributed by atoms with Crippen LogP contribution in [0.25, 0.3) is 0 Å².